The van der Waals surface area contributed by atoms with Gasteiger partial charge in [0.15, 0.2) is 0 Å². The van der Waals surface area contributed by atoms with E-state index in [1.165, 1.54) is 23.7 Å². The first-order chi connectivity index (χ1) is 4.79. The average molecular weight is 254 g/mol. The van der Waals surface area contributed by atoms with Gasteiger partial charge in [0.25, 0.3) is 0 Å². The topological polar surface area (TPSA) is 29.3 Å². The highest BCUT2D eigenvalue weighted by molar-refractivity contribution is 14.1. The second-order valence-electron chi connectivity index (χ2n) is 2.89. The molecule has 0 saturated carbocycles. The van der Waals surface area contributed by atoms with Crippen LogP contribution in [0.3, 0.4) is 0 Å². The summed E-state index contributed by atoms with van der Waals surface area (Å²) in [4.78, 5) is 0. The number of alkyl halides is 1. The Bertz CT molecular complexity index is 95.8. The monoisotopic (exact) mass is 254 g/mol. The molecule has 1 fully saturated rings. The van der Waals surface area contributed by atoms with Crippen LogP contribution < -0.4 is 5.84 Å². The molecule has 1 saturated heterocycles. The van der Waals surface area contributed by atoms with Gasteiger partial charge in [-0.05, 0) is 19.3 Å². The lowest BCUT2D eigenvalue weighted by Crippen LogP contribution is -2.42. The first-order valence-corrected chi connectivity index (χ1v) is 5.41. The molecule has 0 aromatic rings. The van der Waals surface area contributed by atoms with Gasteiger partial charge in [0.05, 0.1) is 0 Å². The fourth-order valence-electron chi connectivity index (χ4n) is 1.55. The molecule has 0 spiro atoms. The van der Waals surface area contributed by atoms with E-state index in [1.54, 1.807) is 0 Å². The molecule has 0 aromatic heterocycles. The van der Waals surface area contributed by atoms with Gasteiger partial charge in [-0.2, -0.15) is 0 Å². The van der Waals surface area contributed by atoms with Crippen LogP contribution in [0, 0.1) is 0 Å². The molecule has 2 nitrogen and oxygen atoms in total. The van der Waals surface area contributed by atoms with Crippen molar-refractivity contribution in [1.29, 1.82) is 0 Å². The molecule has 0 radical (unpaired) electrons. The van der Waals surface area contributed by atoms with Crippen LogP contribution in [-0.4, -0.2) is 21.5 Å². The maximum absolute atomic E-state index is 5.87. The predicted octanol–water partition coefficient (Wildman–Crippen LogP) is 1.54. The van der Waals surface area contributed by atoms with Crippen molar-refractivity contribution in [2.45, 2.75) is 38.3 Å². The molecule has 10 heavy (non-hydrogen) atoms. The highest BCUT2D eigenvalue weighted by atomic mass is 127. The summed E-state index contributed by atoms with van der Waals surface area (Å²) in [7, 11) is 0. The zero-order valence-corrected chi connectivity index (χ0v) is 8.54. The molecule has 3 heteroatoms. The van der Waals surface area contributed by atoms with Crippen LogP contribution in [-0.2, 0) is 0 Å². The van der Waals surface area contributed by atoms with Crippen LogP contribution in [0.1, 0.15) is 26.2 Å². The molecule has 0 aromatic carbocycles. The Kier molecular flexibility index (Phi) is 3.39. The minimum absolute atomic E-state index is 0.644. The smallest absolute Gasteiger partial charge is 0.0334 e. The Hall–Kier alpha value is 0.650. The second-order valence-corrected chi connectivity index (χ2v) is 3.78. The second kappa shape index (κ2) is 3.88. The molecular weight excluding hydrogens is 239 g/mol. The molecule has 1 aliphatic rings. The molecule has 2 unspecified atom stereocenters. The van der Waals surface area contributed by atoms with Crippen molar-refractivity contribution in [2.75, 3.05) is 4.43 Å². The summed E-state index contributed by atoms with van der Waals surface area (Å²) in [6, 6.07) is 1.30. The van der Waals surface area contributed by atoms with Crippen LogP contribution >= 0.6 is 22.6 Å². The van der Waals surface area contributed by atoms with E-state index in [9.17, 15) is 0 Å². The van der Waals surface area contributed by atoms with Gasteiger partial charge in [-0.3, -0.25) is 5.84 Å². The minimum atomic E-state index is 0.644. The van der Waals surface area contributed by atoms with Gasteiger partial charge >= 0.3 is 0 Å². The third-order valence-corrected chi connectivity index (χ3v) is 3.34. The minimum Gasteiger partial charge on any atom is -0.268 e. The Morgan fingerprint density at radius 1 is 1.50 bits per heavy atom. The molecule has 2 atom stereocenters. The van der Waals surface area contributed by atoms with E-state index in [2.05, 4.69) is 29.5 Å². The van der Waals surface area contributed by atoms with E-state index in [0.29, 0.717) is 12.1 Å². The van der Waals surface area contributed by atoms with Gasteiger partial charge in [0.2, 0.25) is 0 Å². The maximum atomic E-state index is 5.87. The summed E-state index contributed by atoms with van der Waals surface area (Å²) >= 11 is 2.41. The van der Waals surface area contributed by atoms with Crippen LogP contribution in [0.5, 0.6) is 0 Å². The lowest BCUT2D eigenvalue weighted by Gasteiger charge is -2.22. The molecule has 1 rings (SSSR count). The summed E-state index contributed by atoms with van der Waals surface area (Å²) < 4.78 is 1.17. The van der Waals surface area contributed by atoms with Crippen LogP contribution in [0.2, 0.25) is 0 Å². The third-order valence-electron chi connectivity index (χ3n) is 2.33. The Labute approximate surface area is 76.3 Å². The molecule has 0 aliphatic carbocycles. The Balaban J connectivity index is 2.41. The lowest BCUT2D eigenvalue weighted by molar-refractivity contribution is 0.208. The van der Waals surface area contributed by atoms with E-state index >= 15 is 0 Å². The molecule has 1 aliphatic heterocycles. The molecule has 0 amide bonds. The van der Waals surface area contributed by atoms with Crippen LogP contribution in [0.15, 0.2) is 0 Å². The number of rotatable bonds is 2. The number of hydrogen-bond acceptors (Lipinski definition) is 2. The van der Waals surface area contributed by atoms with Crippen molar-refractivity contribution in [1.82, 2.24) is 5.01 Å². The summed E-state index contributed by atoms with van der Waals surface area (Å²) in [5, 5.41) is 2.05. The number of nitrogens with zero attached hydrogens (tertiary/aromatic N) is 1. The zero-order chi connectivity index (χ0) is 7.56. The van der Waals surface area contributed by atoms with Crippen molar-refractivity contribution >= 4 is 22.6 Å². The number of hydrogen-bond donors (Lipinski definition) is 1. The summed E-state index contributed by atoms with van der Waals surface area (Å²) in [6.45, 7) is 2.21. The first-order valence-electron chi connectivity index (χ1n) is 3.88. The summed E-state index contributed by atoms with van der Waals surface area (Å²) in [6.07, 6.45) is 3.78. The van der Waals surface area contributed by atoms with Gasteiger partial charge in [0, 0.05) is 16.5 Å². The van der Waals surface area contributed by atoms with Gasteiger partial charge in [-0.1, -0.05) is 29.5 Å². The van der Waals surface area contributed by atoms with E-state index in [0.717, 1.165) is 0 Å². The molecule has 60 valence electrons. The fraction of sp³-hybridized carbons (Fsp3) is 1.00. The lowest BCUT2D eigenvalue weighted by atomic mass is 10.2. The summed E-state index contributed by atoms with van der Waals surface area (Å²) in [5.41, 5.74) is 0. The number of halogens is 1. The number of nitrogens with two attached hydrogens (primary N) is 1. The van der Waals surface area contributed by atoms with Crippen molar-refractivity contribution in [3.63, 3.8) is 0 Å². The Morgan fingerprint density at radius 2 is 2.10 bits per heavy atom. The predicted molar refractivity (Wildman–Crippen MR) is 52.0 cm³/mol. The van der Waals surface area contributed by atoms with Gasteiger partial charge < -0.3 is 0 Å². The molecule has 2 N–H and O–H groups in total. The largest absolute Gasteiger partial charge is 0.268 e. The van der Waals surface area contributed by atoms with Crippen molar-refractivity contribution < 1.29 is 0 Å². The molecule has 1 heterocycles. The van der Waals surface area contributed by atoms with Gasteiger partial charge in [-0.25, -0.2) is 5.01 Å². The third kappa shape index (κ3) is 1.62. The average Bonchev–Trinajstić information content (AvgIpc) is 2.30. The van der Waals surface area contributed by atoms with E-state index < -0.39 is 0 Å². The van der Waals surface area contributed by atoms with Crippen molar-refractivity contribution in [3.05, 3.63) is 0 Å². The van der Waals surface area contributed by atoms with E-state index in [1.807, 2.05) is 5.01 Å². The highest BCUT2D eigenvalue weighted by Gasteiger charge is 2.28. The van der Waals surface area contributed by atoms with E-state index in [4.69, 9.17) is 5.84 Å². The van der Waals surface area contributed by atoms with Crippen LogP contribution in [0.25, 0.3) is 0 Å². The summed E-state index contributed by atoms with van der Waals surface area (Å²) in [5.74, 6) is 5.87. The van der Waals surface area contributed by atoms with Crippen LogP contribution in [0.4, 0.5) is 0 Å². The number of hydrazine groups is 1. The van der Waals surface area contributed by atoms with Crippen molar-refractivity contribution in [2.24, 2.45) is 5.84 Å². The molecular formula is C7H15IN2. The highest BCUT2D eigenvalue weighted by Crippen LogP contribution is 2.23. The van der Waals surface area contributed by atoms with Crippen molar-refractivity contribution in [3.8, 4) is 0 Å². The van der Waals surface area contributed by atoms with E-state index in [-0.39, 0.29) is 0 Å². The molecule has 0 bridgehead atoms. The maximum Gasteiger partial charge on any atom is 0.0334 e. The fourth-order valence-corrected chi connectivity index (χ4v) is 2.45. The Morgan fingerprint density at radius 3 is 2.40 bits per heavy atom. The zero-order valence-electron chi connectivity index (χ0n) is 6.39. The SMILES string of the molecule is CCC1CCC(CI)N1N. The standard InChI is InChI=1S/C7H15IN2/c1-2-6-3-4-7(5-8)10(6)9/h6-7H,2-5,9H2,1H3. The van der Waals surface area contributed by atoms with Gasteiger partial charge in [-0.15, -0.1) is 0 Å². The quantitative estimate of drug-likeness (QED) is 0.460. The first kappa shape index (κ1) is 8.74. The van der Waals surface area contributed by atoms with Gasteiger partial charge in [0.1, 0.15) is 0 Å². The normalized spacial score (nSPS) is 35.1.